The molecular formula is C18H21NO4. The van der Waals surface area contributed by atoms with Crippen LogP contribution in [0, 0.1) is 0 Å². The highest BCUT2D eigenvalue weighted by Gasteiger charge is 2.16. The molecule has 1 aliphatic heterocycles. The number of nitrogens with one attached hydrogen (secondary N) is 1. The Labute approximate surface area is 136 Å². The molecule has 5 nitrogen and oxygen atoms in total. The third-order valence-electron chi connectivity index (χ3n) is 3.99. The van der Waals surface area contributed by atoms with Crippen molar-refractivity contribution in [2.45, 2.75) is 19.5 Å². The third kappa shape index (κ3) is 3.35. The maximum atomic E-state index is 5.43. The summed E-state index contributed by atoms with van der Waals surface area (Å²) in [6.45, 7) is 3.11. The molecule has 2 aromatic rings. The number of fused-ring (bicyclic) bond motifs is 1. The van der Waals surface area contributed by atoms with Gasteiger partial charge >= 0.3 is 0 Å². The Balaban J connectivity index is 1.68. The fourth-order valence-electron chi connectivity index (χ4n) is 2.56. The molecule has 0 amide bonds. The summed E-state index contributed by atoms with van der Waals surface area (Å²) >= 11 is 0. The third-order valence-corrected chi connectivity index (χ3v) is 3.99. The molecule has 0 saturated heterocycles. The minimum Gasteiger partial charge on any atom is -0.497 e. The van der Waals surface area contributed by atoms with Crippen LogP contribution in [-0.2, 0) is 6.54 Å². The number of methoxy groups -OCH3 is 2. The molecule has 0 spiro atoms. The second-order valence-corrected chi connectivity index (χ2v) is 5.39. The maximum Gasteiger partial charge on any atom is 0.231 e. The first-order valence-corrected chi connectivity index (χ1v) is 7.55. The van der Waals surface area contributed by atoms with Crippen molar-refractivity contribution in [3.8, 4) is 23.0 Å². The van der Waals surface area contributed by atoms with Crippen LogP contribution in [0.5, 0.6) is 23.0 Å². The molecule has 0 aliphatic carbocycles. The van der Waals surface area contributed by atoms with Crippen LogP contribution in [-0.4, -0.2) is 21.0 Å². The SMILES string of the molecule is COc1ccc(CNC(C)c2ccc3c(c2)OCO3)c(OC)c1. The second-order valence-electron chi connectivity index (χ2n) is 5.39. The molecule has 1 heterocycles. The van der Waals surface area contributed by atoms with Gasteiger partial charge in [-0.1, -0.05) is 12.1 Å². The van der Waals surface area contributed by atoms with Crippen LogP contribution in [0.1, 0.15) is 24.1 Å². The Bertz CT molecular complexity index is 687. The molecule has 1 N–H and O–H groups in total. The number of hydrogen-bond acceptors (Lipinski definition) is 5. The highest BCUT2D eigenvalue weighted by atomic mass is 16.7. The highest BCUT2D eigenvalue weighted by Crippen LogP contribution is 2.34. The molecule has 23 heavy (non-hydrogen) atoms. The van der Waals surface area contributed by atoms with Gasteiger partial charge in [0.2, 0.25) is 6.79 Å². The average Bonchev–Trinajstić information content (AvgIpc) is 3.07. The van der Waals surface area contributed by atoms with Gasteiger partial charge < -0.3 is 24.3 Å². The van der Waals surface area contributed by atoms with E-state index in [4.69, 9.17) is 18.9 Å². The van der Waals surface area contributed by atoms with Crippen molar-refractivity contribution >= 4 is 0 Å². The van der Waals surface area contributed by atoms with Crippen LogP contribution in [0.25, 0.3) is 0 Å². The van der Waals surface area contributed by atoms with Crippen molar-refractivity contribution in [1.82, 2.24) is 5.32 Å². The molecule has 0 fully saturated rings. The maximum absolute atomic E-state index is 5.43. The van der Waals surface area contributed by atoms with Gasteiger partial charge in [0, 0.05) is 24.2 Å². The van der Waals surface area contributed by atoms with Crippen molar-refractivity contribution in [1.29, 1.82) is 0 Å². The Morgan fingerprint density at radius 1 is 1.04 bits per heavy atom. The Hall–Kier alpha value is -2.40. The number of hydrogen-bond donors (Lipinski definition) is 1. The standard InChI is InChI=1S/C18H21NO4/c1-12(13-5-7-16-18(8-13)23-11-22-16)19-10-14-4-6-15(20-2)9-17(14)21-3/h4-9,12,19H,10-11H2,1-3H3. The van der Waals surface area contributed by atoms with Crippen molar-refractivity contribution in [3.05, 3.63) is 47.5 Å². The van der Waals surface area contributed by atoms with Gasteiger partial charge in [-0.15, -0.1) is 0 Å². The summed E-state index contributed by atoms with van der Waals surface area (Å²) in [6.07, 6.45) is 0. The van der Waals surface area contributed by atoms with Crippen molar-refractivity contribution in [3.63, 3.8) is 0 Å². The van der Waals surface area contributed by atoms with E-state index in [1.165, 1.54) is 0 Å². The van der Waals surface area contributed by atoms with E-state index in [-0.39, 0.29) is 6.04 Å². The number of rotatable bonds is 6. The quantitative estimate of drug-likeness (QED) is 0.886. The summed E-state index contributed by atoms with van der Waals surface area (Å²) in [5.41, 5.74) is 2.24. The smallest absolute Gasteiger partial charge is 0.231 e. The van der Waals surface area contributed by atoms with Crippen LogP contribution >= 0.6 is 0 Å². The van der Waals surface area contributed by atoms with Crippen LogP contribution in [0.15, 0.2) is 36.4 Å². The van der Waals surface area contributed by atoms with Gasteiger partial charge in [0.15, 0.2) is 11.5 Å². The lowest BCUT2D eigenvalue weighted by atomic mass is 10.1. The summed E-state index contributed by atoms with van der Waals surface area (Å²) in [5.74, 6) is 3.21. The van der Waals surface area contributed by atoms with Gasteiger partial charge in [0.25, 0.3) is 0 Å². The van der Waals surface area contributed by atoms with E-state index in [0.717, 1.165) is 34.1 Å². The zero-order chi connectivity index (χ0) is 16.2. The molecule has 3 rings (SSSR count). The lowest BCUT2D eigenvalue weighted by Gasteiger charge is -2.16. The van der Waals surface area contributed by atoms with Gasteiger partial charge in [0.1, 0.15) is 11.5 Å². The predicted molar refractivity (Wildman–Crippen MR) is 87.4 cm³/mol. The lowest BCUT2D eigenvalue weighted by Crippen LogP contribution is -2.18. The van der Waals surface area contributed by atoms with E-state index in [9.17, 15) is 0 Å². The van der Waals surface area contributed by atoms with Gasteiger partial charge in [-0.05, 0) is 30.7 Å². The highest BCUT2D eigenvalue weighted by molar-refractivity contribution is 5.45. The topological polar surface area (TPSA) is 49.0 Å². The summed E-state index contributed by atoms with van der Waals surface area (Å²) in [5, 5.41) is 3.50. The Morgan fingerprint density at radius 2 is 1.87 bits per heavy atom. The average molecular weight is 315 g/mol. The van der Waals surface area contributed by atoms with Crippen LogP contribution in [0.2, 0.25) is 0 Å². The largest absolute Gasteiger partial charge is 0.497 e. The fourth-order valence-corrected chi connectivity index (χ4v) is 2.56. The first-order valence-electron chi connectivity index (χ1n) is 7.55. The van der Waals surface area contributed by atoms with E-state index >= 15 is 0 Å². The fraction of sp³-hybridized carbons (Fsp3) is 0.333. The molecule has 1 aliphatic rings. The van der Waals surface area contributed by atoms with Crippen molar-refractivity contribution in [2.24, 2.45) is 0 Å². The molecular weight excluding hydrogens is 294 g/mol. The van der Waals surface area contributed by atoms with Crippen LogP contribution in [0.3, 0.4) is 0 Å². The minimum absolute atomic E-state index is 0.177. The predicted octanol–water partition coefficient (Wildman–Crippen LogP) is 3.28. The Kier molecular flexibility index (Phi) is 4.57. The molecule has 0 bridgehead atoms. The van der Waals surface area contributed by atoms with E-state index < -0.39 is 0 Å². The van der Waals surface area contributed by atoms with E-state index in [1.807, 2.05) is 30.3 Å². The number of ether oxygens (including phenoxy) is 4. The molecule has 0 radical (unpaired) electrons. The second kappa shape index (κ2) is 6.79. The summed E-state index contributed by atoms with van der Waals surface area (Å²) < 4.78 is 21.4. The summed E-state index contributed by atoms with van der Waals surface area (Å²) in [6, 6.07) is 12.0. The summed E-state index contributed by atoms with van der Waals surface area (Å²) in [4.78, 5) is 0. The normalized spacial score (nSPS) is 13.7. The molecule has 2 aromatic carbocycles. The van der Waals surface area contributed by atoms with E-state index in [1.54, 1.807) is 14.2 Å². The molecule has 5 heteroatoms. The molecule has 1 atom stereocenters. The van der Waals surface area contributed by atoms with Crippen LogP contribution in [0.4, 0.5) is 0 Å². The van der Waals surface area contributed by atoms with Gasteiger partial charge in [-0.25, -0.2) is 0 Å². The van der Waals surface area contributed by atoms with Gasteiger partial charge in [-0.3, -0.25) is 0 Å². The van der Waals surface area contributed by atoms with Crippen molar-refractivity contribution in [2.75, 3.05) is 21.0 Å². The minimum atomic E-state index is 0.177. The molecule has 0 aromatic heterocycles. The van der Waals surface area contributed by atoms with E-state index in [2.05, 4.69) is 18.3 Å². The van der Waals surface area contributed by atoms with Crippen LogP contribution < -0.4 is 24.3 Å². The zero-order valence-corrected chi connectivity index (χ0v) is 13.6. The van der Waals surface area contributed by atoms with Gasteiger partial charge in [-0.2, -0.15) is 0 Å². The zero-order valence-electron chi connectivity index (χ0n) is 13.6. The van der Waals surface area contributed by atoms with Gasteiger partial charge in [0.05, 0.1) is 14.2 Å². The monoisotopic (exact) mass is 315 g/mol. The summed E-state index contributed by atoms with van der Waals surface area (Å²) in [7, 11) is 3.31. The first-order chi connectivity index (χ1) is 11.2. The molecule has 122 valence electrons. The Morgan fingerprint density at radius 3 is 2.65 bits per heavy atom. The van der Waals surface area contributed by atoms with E-state index in [0.29, 0.717) is 13.3 Å². The van der Waals surface area contributed by atoms with Crippen molar-refractivity contribution < 1.29 is 18.9 Å². The molecule has 0 saturated carbocycles. The number of benzene rings is 2. The molecule has 1 unspecified atom stereocenters. The first kappa shape index (κ1) is 15.5. The lowest BCUT2D eigenvalue weighted by molar-refractivity contribution is 0.174.